The van der Waals surface area contributed by atoms with Crippen LogP contribution in [0.4, 0.5) is 10.1 Å². The van der Waals surface area contributed by atoms with Gasteiger partial charge in [-0.05, 0) is 36.2 Å². The number of hydrogen-bond donors (Lipinski definition) is 1. The summed E-state index contributed by atoms with van der Waals surface area (Å²) in [6, 6.07) is 10.7. The number of carbonyl (C=O) groups is 1. The fraction of sp³-hybridized carbons (Fsp3) is 0.350. The highest BCUT2D eigenvalue weighted by atomic mass is 35.5. The second-order valence-corrected chi connectivity index (χ2v) is 8.02. The average Bonchev–Trinajstić information content (AvgIpc) is 3.12. The van der Waals surface area contributed by atoms with E-state index in [1.54, 1.807) is 47.3 Å². The van der Waals surface area contributed by atoms with Crippen LogP contribution in [0.1, 0.15) is 20.3 Å². The first-order valence-corrected chi connectivity index (χ1v) is 9.63. The molecule has 1 N–H and O–H groups in total. The molecule has 2 aromatic heterocycles. The molecule has 7 nitrogen and oxygen atoms in total. The predicted molar refractivity (Wildman–Crippen MR) is 106 cm³/mol. The highest BCUT2D eigenvalue weighted by molar-refractivity contribution is 6.39. The minimum atomic E-state index is -1.47. The van der Waals surface area contributed by atoms with Crippen LogP contribution in [0, 0.1) is 5.92 Å². The van der Waals surface area contributed by atoms with E-state index in [4.69, 9.17) is 20.8 Å². The maximum absolute atomic E-state index is 13.4. The molecule has 2 heterocycles. The lowest BCUT2D eigenvalue weighted by Crippen LogP contribution is -2.27. The normalized spacial score (nSPS) is 20.7. The molecule has 29 heavy (non-hydrogen) atoms. The third-order valence-corrected chi connectivity index (χ3v) is 4.98. The smallest absolute Gasteiger partial charge is 0.336 e. The van der Waals surface area contributed by atoms with E-state index in [2.05, 4.69) is 15.4 Å². The highest BCUT2D eigenvalue weighted by Crippen LogP contribution is 2.46. The van der Waals surface area contributed by atoms with Crippen molar-refractivity contribution in [2.45, 2.75) is 31.3 Å². The van der Waals surface area contributed by atoms with Crippen LogP contribution in [-0.2, 0) is 4.79 Å². The van der Waals surface area contributed by atoms with Crippen LogP contribution in [0.2, 0.25) is 0 Å². The van der Waals surface area contributed by atoms with E-state index in [0.29, 0.717) is 35.5 Å². The minimum absolute atomic E-state index is 0.0162. The van der Waals surface area contributed by atoms with Crippen molar-refractivity contribution in [3.63, 3.8) is 0 Å². The molecule has 9 heteroatoms. The van der Waals surface area contributed by atoms with Gasteiger partial charge in [0.15, 0.2) is 10.6 Å². The van der Waals surface area contributed by atoms with Crippen LogP contribution in [0.5, 0.6) is 6.01 Å². The van der Waals surface area contributed by atoms with Crippen molar-refractivity contribution in [1.82, 2.24) is 14.8 Å². The Balaban J connectivity index is 1.64. The third-order valence-electron chi connectivity index (χ3n) is 4.41. The molecule has 1 aliphatic carbocycles. The first kappa shape index (κ1) is 19.4. The SMILES string of the molecule is CC(C)COc1nc(-c2ccco2)n(-c2cccc(NC(=O)C3(Cl)CC3F)c2)n1. The van der Waals surface area contributed by atoms with Gasteiger partial charge in [0, 0.05) is 12.1 Å². The van der Waals surface area contributed by atoms with Gasteiger partial charge in [0.1, 0.15) is 6.17 Å². The summed E-state index contributed by atoms with van der Waals surface area (Å²) in [7, 11) is 0. The molecule has 3 aromatic rings. The standard InChI is InChI=1S/C20H20ClFN4O3/c1-12(2)11-29-19-24-17(15-7-4-8-28-15)26(25-19)14-6-3-5-13(9-14)23-18(27)20(21)10-16(20)22/h3-9,12,16H,10-11H2,1-2H3,(H,23,27). The molecule has 1 aromatic carbocycles. The number of benzene rings is 1. The number of nitrogens with one attached hydrogen (secondary N) is 1. The van der Waals surface area contributed by atoms with Crippen LogP contribution in [0.25, 0.3) is 17.3 Å². The van der Waals surface area contributed by atoms with Crippen molar-refractivity contribution in [2.24, 2.45) is 5.92 Å². The van der Waals surface area contributed by atoms with E-state index in [1.807, 2.05) is 13.8 Å². The van der Waals surface area contributed by atoms with Crippen LogP contribution < -0.4 is 10.1 Å². The van der Waals surface area contributed by atoms with Crippen molar-refractivity contribution in [3.8, 4) is 23.3 Å². The molecule has 0 saturated heterocycles. The summed E-state index contributed by atoms with van der Waals surface area (Å²) in [5.74, 6) is 0.730. The number of amides is 1. The first-order valence-electron chi connectivity index (χ1n) is 9.25. The maximum Gasteiger partial charge on any atom is 0.336 e. The molecule has 0 bridgehead atoms. The molecule has 2 unspecified atom stereocenters. The third kappa shape index (κ3) is 3.98. The van der Waals surface area contributed by atoms with Gasteiger partial charge in [-0.25, -0.2) is 9.07 Å². The van der Waals surface area contributed by atoms with Crippen LogP contribution in [-0.4, -0.2) is 38.3 Å². The molecule has 1 fully saturated rings. The molecular formula is C20H20ClFN4O3. The zero-order valence-electron chi connectivity index (χ0n) is 15.9. The van der Waals surface area contributed by atoms with Crippen molar-refractivity contribution < 1.29 is 18.3 Å². The Hall–Kier alpha value is -2.87. The van der Waals surface area contributed by atoms with Gasteiger partial charge < -0.3 is 14.5 Å². The zero-order chi connectivity index (χ0) is 20.6. The zero-order valence-corrected chi connectivity index (χ0v) is 16.7. The molecule has 0 spiro atoms. The Morgan fingerprint density at radius 2 is 2.24 bits per heavy atom. The number of carbonyl (C=O) groups excluding carboxylic acids is 1. The van der Waals surface area contributed by atoms with Gasteiger partial charge in [-0.1, -0.05) is 19.9 Å². The van der Waals surface area contributed by atoms with E-state index in [0.717, 1.165) is 0 Å². The Kier molecular flexibility index (Phi) is 5.04. The summed E-state index contributed by atoms with van der Waals surface area (Å²) in [4.78, 5) is 15.2. The predicted octanol–water partition coefficient (Wildman–Crippen LogP) is 4.22. The lowest BCUT2D eigenvalue weighted by molar-refractivity contribution is -0.116. The Morgan fingerprint density at radius 3 is 2.90 bits per heavy atom. The van der Waals surface area contributed by atoms with Crippen LogP contribution >= 0.6 is 11.6 Å². The fourth-order valence-corrected chi connectivity index (χ4v) is 2.91. The van der Waals surface area contributed by atoms with Crippen LogP contribution in [0.15, 0.2) is 47.1 Å². The highest BCUT2D eigenvalue weighted by Gasteiger charge is 2.60. The number of rotatable bonds is 7. The molecule has 2 atom stereocenters. The number of hydrogen-bond acceptors (Lipinski definition) is 5. The van der Waals surface area contributed by atoms with Gasteiger partial charge in [0.05, 0.1) is 18.6 Å². The number of alkyl halides is 2. The Labute approximate surface area is 171 Å². The van der Waals surface area contributed by atoms with Gasteiger partial charge in [0.2, 0.25) is 11.7 Å². The van der Waals surface area contributed by atoms with Gasteiger partial charge in [0.25, 0.3) is 0 Å². The quantitative estimate of drug-likeness (QED) is 0.581. The molecule has 1 amide bonds. The molecule has 0 aliphatic heterocycles. The van der Waals surface area contributed by atoms with Crippen molar-refractivity contribution in [2.75, 3.05) is 11.9 Å². The minimum Gasteiger partial charge on any atom is -0.462 e. The summed E-state index contributed by atoms with van der Waals surface area (Å²) in [5.41, 5.74) is 1.09. The van der Waals surface area contributed by atoms with E-state index >= 15 is 0 Å². The van der Waals surface area contributed by atoms with Gasteiger partial charge in [-0.2, -0.15) is 4.98 Å². The summed E-state index contributed by atoms with van der Waals surface area (Å²) >= 11 is 5.96. The van der Waals surface area contributed by atoms with Crippen LogP contribution in [0.3, 0.4) is 0 Å². The largest absolute Gasteiger partial charge is 0.462 e. The van der Waals surface area contributed by atoms with Crippen molar-refractivity contribution in [3.05, 3.63) is 42.7 Å². The molecule has 1 aliphatic rings. The summed E-state index contributed by atoms with van der Waals surface area (Å²) in [6.07, 6.45) is 0.235. The Bertz CT molecular complexity index is 1020. The van der Waals surface area contributed by atoms with E-state index in [-0.39, 0.29) is 12.4 Å². The van der Waals surface area contributed by atoms with Crippen molar-refractivity contribution in [1.29, 1.82) is 0 Å². The molecule has 152 valence electrons. The summed E-state index contributed by atoms with van der Waals surface area (Å²) in [5, 5.41) is 7.09. The van der Waals surface area contributed by atoms with E-state index in [9.17, 15) is 9.18 Å². The van der Waals surface area contributed by atoms with Gasteiger partial charge in [-0.15, -0.1) is 16.7 Å². The van der Waals surface area contributed by atoms with Crippen molar-refractivity contribution >= 4 is 23.2 Å². The lowest BCUT2D eigenvalue weighted by atomic mass is 10.2. The fourth-order valence-electron chi connectivity index (χ4n) is 2.73. The number of ether oxygens (including phenoxy) is 1. The number of nitrogens with zero attached hydrogens (tertiary/aromatic N) is 3. The number of furan rings is 1. The second-order valence-electron chi connectivity index (χ2n) is 7.35. The van der Waals surface area contributed by atoms with E-state index in [1.165, 1.54) is 0 Å². The molecule has 4 rings (SSSR count). The summed E-state index contributed by atoms with van der Waals surface area (Å²) in [6.45, 7) is 4.53. The average molecular weight is 419 g/mol. The molecular weight excluding hydrogens is 399 g/mol. The van der Waals surface area contributed by atoms with Gasteiger partial charge >= 0.3 is 6.01 Å². The number of halogens is 2. The maximum atomic E-state index is 13.4. The topological polar surface area (TPSA) is 82.2 Å². The first-order chi connectivity index (χ1) is 13.9. The number of anilines is 1. The Morgan fingerprint density at radius 1 is 1.45 bits per heavy atom. The van der Waals surface area contributed by atoms with E-state index < -0.39 is 17.0 Å². The molecule has 0 radical (unpaired) electrons. The second kappa shape index (κ2) is 7.51. The lowest BCUT2D eigenvalue weighted by Gasteiger charge is -2.10. The molecule has 1 saturated carbocycles. The van der Waals surface area contributed by atoms with Gasteiger partial charge in [-0.3, -0.25) is 4.79 Å². The monoisotopic (exact) mass is 418 g/mol. The number of aromatic nitrogens is 3. The summed E-state index contributed by atoms with van der Waals surface area (Å²) < 4.78 is 26.1.